The van der Waals surface area contributed by atoms with Crippen LogP contribution in [0.25, 0.3) is 10.9 Å². The molecule has 2 heterocycles. The zero-order valence-corrected chi connectivity index (χ0v) is 10.9. The number of anilines is 1. The molecule has 0 aliphatic rings. The van der Waals surface area contributed by atoms with Crippen LogP contribution in [0, 0.1) is 18.3 Å². The largest absolute Gasteiger partial charge is 0.467 e. The first kappa shape index (κ1) is 12.2. The minimum atomic E-state index is 0.287. The molecule has 3 aromatic rings. The van der Waals surface area contributed by atoms with Crippen molar-refractivity contribution < 1.29 is 4.42 Å². The molecular formula is C15H12N4O. The van der Waals surface area contributed by atoms with Gasteiger partial charge in [0, 0.05) is 5.39 Å². The van der Waals surface area contributed by atoms with Gasteiger partial charge in [-0.05, 0) is 31.2 Å². The predicted molar refractivity (Wildman–Crippen MR) is 75.0 cm³/mol. The molecule has 0 aliphatic carbocycles. The Morgan fingerprint density at radius 3 is 2.95 bits per heavy atom. The second-order valence-corrected chi connectivity index (χ2v) is 4.49. The number of nitriles is 1. The molecule has 98 valence electrons. The Kier molecular flexibility index (Phi) is 3.05. The molecule has 0 saturated heterocycles. The Bertz CT molecular complexity index is 787. The van der Waals surface area contributed by atoms with E-state index < -0.39 is 0 Å². The highest BCUT2D eigenvalue weighted by molar-refractivity contribution is 5.93. The summed E-state index contributed by atoms with van der Waals surface area (Å²) in [5, 5.41) is 21.3. The monoisotopic (exact) mass is 264 g/mol. The van der Waals surface area contributed by atoms with Gasteiger partial charge in [-0.3, -0.25) is 0 Å². The van der Waals surface area contributed by atoms with Crippen LogP contribution in [-0.4, -0.2) is 10.2 Å². The lowest BCUT2D eigenvalue weighted by atomic mass is 10.1. The summed E-state index contributed by atoms with van der Waals surface area (Å²) in [5.74, 6) is 0.798. The van der Waals surface area contributed by atoms with E-state index in [1.807, 2.05) is 37.3 Å². The standard InChI is InChI=1S/C15H12N4O/c1-10-4-5-13-12(7-10)15(14(8-16)19-18-13)17-9-11-3-2-6-20-11/h2-7H,9H2,1H3,(H,17,18). The molecule has 0 fully saturated rings. The van der Waals surface area contributed by atoms with Crippen LogP contribution in [0.5, 0.6) is 0 Å². The third-order valence-electron chi connectivity index (χ3n) is 3.04. The maximum absolute atomic E-state index is 9.19. The van der Waals surface area contributed by atoms with Crippen molar-refractivity contribution in [3.8, 4) is 6.07 Å². The Hall–Kier alpha value is -2.87. The zero-order valence-electron chi connectivity index (χ0n) is 10.9. The van der Waals surface area contributed by atoms with Crippen LogP contribution in [0.15, 0.2) is 41.0 Å². The van der Waals surface area contributed by atoms with Crippen molar-refractivity contribution in [2.45, 2.75) is 13.5 Å². The predicted octanol–water partition coefficient (Wildman–Crippen LogP) is 3.02. The van der Waals surface area contributed by atoms with Crippen LogP contribution in [0.4, 0.5) is 5.69 Å². The van der Waals surface area contributed by atoms with Gasteiger partial charge in [0.15, 0.2) is 5.69 Å². The van der Waals surface area contributed by atoms with Crippen molar-refractivity contribution in [3.63, 3.8) is 0 Å². The van der Waals surface area contributed by atoms with Crippen LogP contribution in [-0.2, 0) is 6.54 Å². The van der Waals surface area contributed by atoms with E-state index in [2.05, 4.69) is 21.6 Å². The van der Waals surface area contributed by atoms with E-state index in [1.165, 1.54) is 0 Å². The molecule has 0 spiro atoms. The van der Waals surface area contributed by atoms with Gasteiger partial charge in [-0.25, -0.2) is 0 Å². The van der Waals surface area contributed by atoms with E-state index in [-0.39, 0.29) is 5.69 Å². The minimum Gasteiger partial charge on any atom is -0.467 e. The summed E-state index contributed by atoms with van der Waals surface area (Å²) in [6, 6.07) is 11.6. The minimum absolute atomic E-state index is 0.287. The van der Waals surface area contributed by atoms with E-state index in [0.29, 0.717) is 12.2 Å². The van der Waals surface area contributed by atoms with E-state index in [0.717, 1.165) is 22.2 Å². The summed E-state index contributed by atoms with van der Waals surface area (Å²) in [5.41, 5.74) is 2.85. The lowest BCUT2D eigenvalue weighted by molar-refractivity contribution is 0.518. The number of nitrogens with one attached hydrogen (secondary N) is 1. The van der Waals surface area contributed by atoms with Crippen molar-refractivity contribution in [2.75, 3.05) is 5.32 Å². The molecule has 0 bridgehead atoms. The van der Waals surface area contributed by atoms with E-state index >= 15 is 0 Å². The number of benzene rings is 1. The average molecular weight is 264 g/mol. The molecular weight excluding hydrogens is 252 g/mol. The molecule has 3 rings (SSSR count). The molecule has 1 aromatic carbocycles. The summed E-state index contributed by atoms with van der Waals surface area (Å²) in [4.78, 5) is 0. The van der Waals surface area contributed by atoms with Gasteiger partial charge in [-0.2, -0.15) is 5.26 Å². The lowest BCUT2D eigenvalue weighted by Crippen LogP contribution is -2.04. The number of hydrogen-bond donors (Lipinski definition) is 1. The normalized spacial score (nSPS) is 10.4. The summed E-state index contributed by atoms with van der Waals surface area (Å²) < 4.78 is 5.28. The fourth-order valence-electron chi connectivity index (χ4n) is 2.06. The summed E-state index contributed by atoms with van der Waals surface area (Å²) >= 11 is 0. The molecule has 2 aromatic heterocycles. The lowest BCUT2D eigenvalue weighted by Gasteiger charge is -2.09. The Balaban J connectivity index is 2.06. The van der Waals surface area contributed by atoms with Crippen molar-refractivity contribution in [2.24, 2.45) is 0 Å². The first-order chi connectivity index (χ1) is 9.78. The van der Waals surface area contributed by atoms with Gasteiger partial charge >= 0.3 is 0 Å². The molecule has 5 heteroatoms. The SMILES string of the molecule is Cc1ccc2nnc(C#N)c(NCc3ccco3)c2c1. The van der Waals surface area contributed by atoms with Gasteiger partial charge in [-0.15, -0.1) is 10.2 Å². The number of aryl methyl sites for hydroxylation is 1. The summed E-state index contributed by atoms with van der Waals surface area (Å²) in [6.07, 6.45) is 1.62. The number of furan rings is 1. The zero-order chi connectivity index (χ0) is 13.9. The highest BCUT2D eigenvalue weighted by Crippen LogP contribution is 2.25. The summed E-state index contributed by atoms with van der Waals surface area (Å²) in [6.45, 7) is 2.50. The second-order valence-electron chi connectivity index (χ2n) is 4.49. The van der Waals surface area contributed by atoms with Crippen LogP contribution >= 0.6 is 0 Å². The quantitative estimate of drug-likeness (QED) is 0.787. The van der Waals surface area contributed by atoms with E-state index in [9.17, 15) is 5.26 Å². The fourth-order valence-corrected chi connectivity index (χ4v) is 2.06. The van der Waals surface area contributed by atoms with Gasteiger partial charge in [-0.1, -0.05) is 11.6 Å². The Labute approximate surface area is 115 Å². The molecule has 0 radical (unpaired) electrons. The fraction of sp³-hybridized carbons (Fsp3) is 0.133. The molecule has 0 saturated carbocycles. The maximum Gasteiger partial charge on any atom is 0.186 e. The second kappa shape index (κ2) is 5.02. The summed E-state index contributed by atoms with van der Waals surface area (Å²) in [7, 11) is 0. The van der Waals surface area contributed by atoms with Crippen LogP contribution in [0.2, 0.25) is 0 Å². The third kappa shape index (κ3) is 2.19. The van der Waals surface area contributed by atoms with Gasteiger partial charge < -0.3 is 9.73 Å². The van der Waals surface area contributed by atoms with Crippen LogP contribution < -0.4 is 5.32 Å². The molecule has 0 atom stereocenters. The Morgan fingerprint density at radius 1 is 1.30 bits per heavy atom. The first-order valence-electron chi connectivity index (χ1n) is 6.21. The van der Waals surface area contributed by atoms with Crippen molar-refractivity contribution in [1.29, 1.82) is 5.26 Å². The van der Waals surface area contributed by atoms with Crippen molar-refractivity contribution in [3.05, 3.63) is 53.6 Å². The van der Waals surface area contributed by atoms with Crippen LogP contribution in [0.1, 0.15) is 17.0 Å². The van der Waals surface area contributed by atoms with E-state index in [1.54, 1.807) is 6.26 Å². The van der Waals surface area contributed by atoms with Gasteiger partial charge in [0.25, 0.3) is 0 Å². The number of hydrogen-bond acceptors (Lipinski definition) is 5. The smallest absolute Gasteiger partial charge is 0.186 e. The number of fused-ring (bicyclic) bond motifs is 1. The average Bonchev–Trinajstić information content (AvgIpc) is 2.97. The maximum atomic E-state index is 9.19. The highest BCUT2D eigenvalue weighted by atomic mass is 16.3. The molecule has 5 nitrogen and oxygen atoms in total. The highest BCUT2D eigenvalue weighted by Gasteiger charge is 2.11. The number of rotatable bonds is 3. The molecule has 20 heavy (non-hydrogen) atoms. The first-order valence-corrected chi connectivity index (χ1v) is 6.21. The van der Waals surface area contributed by atoms with Gasteiger partial charge in [0.2, 0.25) is 0 Å². The van der Waals surface area contributed by atoms with E-state index in [4.69, 9.17) is 4.42 Å². The third-order valence-corrected chi connectivity index (χ3v) is 3.04. The molecule has 0 unspecified atom stereocenters. The van der Waals surface area contributed by atoms with Crippen molar-refractivity contribution in [1.82, 2.24) is 10.2 Å². The topological polar surface area (TPSA) is 74.7 Å². The molecule has 0 amide bonds. The molecule has 1 N–H and O–H groups in total. The van der Waals surface area contributed by atoms with Gasteiger partial charge in [0.1, 0.15) is 11.8 Å². The number of aromatic nitrogens is 2. The Morgan fingerprint density at radius 2 is 2.20 bits per heavy atom. The van der Waals surface area contributed by atoms with Crippen molar-refractivity contribution >= 4 is 16.6 Å². The van der Waals surface area contributed by atoms with Gasteiger partial charge in [0.05, 0.1) is 24.0 Å². The van der Waals surface area contributed by atoms with Crippen LogP contribution in [0.3, 0.4) is 0 Å². The molecule has 0 aliphatic heterocycles. The number of nitrogens with zero attached hydrogens (tertiary/aromatic N) is 3.